The Morgan fingerprint density at radius 2 is 1.90 bits per heavy atom. The van der Waals surface area contributed by atoms with Gasteiger partial charge < -0.3 is 28.3 Å². The largest absolute Gasteiger partial charge is 0.466 e. The maximum atomic E-state index is 12.4. The second-order valence-corrected chi connectivity index (χ2v) is 6.80. The fraction of sp³-hybridized carbons (Fsp3) is 0.190. The molecule has 160 valence electrons. The van der Waals surface area contributed by atoms with Crippen molar-refractivity contribution in [3.63, 3.8) is 0 Å². The molecule has 0 amide bonds. The van der Waals surface area contributed by atoms with Gasteiger partial charge in [0.05, 0.1) is 31.4 Å². The number of fused-ring (bicyclic) bond motifs is 1. The van der Waals surface area contributed by atoms with Gasteiger partial charge in [0.1, 0.15) is 18.2 Å². The molecule has 4 rings (SSSR count). The van der Waals surface area contributed by atoms with Gasteiger partial charge in [-0.3, -0.25) is 0 Å². The van der Waals surface area contributed by atoms with E-state index in [0.717, 1.165) is 0 Å². The molecule has 1 aromatic heterocycles. The molecule has 0 atom stereocenters. The van der Waals surface area contributed by atoms with Crippen LogP contribution in [-0.4, -0.2) is 44.5 Å². The first-order valence-corrected chi connectivity index (χ1v) is 9.46. The summed E-state index contributed by atoms with van der Waals surface area (Å²) in [6.07, 6.45) is 1.33. The molecule has 1 aliphatic heterocycles. The van der Waals surface area contributed by atoms with Gasteiger partial charge in [-0.1, -0.05) is 17.7 Å². The standard InChI is InChI=1S/C21H17ClN2O7/c1-27-20(25)13-9-29-11-24(19(13)21(26)28-2)12-6-7-15(14(22)8-12)31-17-5-3-4-16-18(17)23-10-30-16/h3-8,10H,9,11H2,1-2H3. The van der Waals surface area contributed by atoms with Gasteiger partial charge in [0.25, 0.3) is 0 Å². The number of methoxy groups -OCH3 is 2. The molecule has 0 bridgehead atoms. The number of oxazole rings is 1. The summed E-state index contributed by atoms with van der Waals surface area (Å²) >= 11 is 6.45. The van der Waals surface area contributed by atoms with Gasteiger partial charge >= 0.3 is 11.9 Å². The number of nitrogens with zero attached hydrogens (tertiary/aromatic N) is 2. The summed E-state index contributed by atoms with van der Waals surface area (Å²) in [5, 5.41) is 0.271. The average Bonchev–Trinajstić information content (AvgIpc) is 3.28. The number of esters is 2. The Balaban J connectivity index is 1.69. The summed E-state index contributed by atoms with van der Waals surface area (Å²) in [6.45, 7) is -0.0655. The van der Waals surface area contributed by atoms with E-state index in [4.69, 9.17) is 35.0 Å². The number of para-hydroxylation sites is 1. The lowest BCUT2D eigenvalue weighted by molar-refractivity contribution is -0.140. The lowest BCUT2D eigenvalue weighted by atomic mass is 10.1. The lowest BCUT2D eigenvalue weighted by Crippen LogP contribution is -2.38. The highest BCUT2D eigenvalue weighted by Gasteiger charge is 2.32. The second-order valence-electron chi connectivity index (χ2n) is 6.39. The maximum Gasteiger partial charge on any atom is 0.355 e. The Morgan fingerprint density at radius 3 is 2.65 bits per heavy atom. The van der Waals surface area contributed by atoms with Crippen LogP contribution in [0.25, 0.3) is 11.1 Å². The minimum atomic E-state index is -0.696. The molecule has 1 aliphatic rings. The van der Waals surface area contributed by atoms with Gasteiger partial charge in [0.15, 0.2) is 23.2 Å². The molecule has 3 aromatic rings. The van der Waals surface area contributed by atoms with Gasteiger partial charge in [-0.15, -0.1) is 0 Å². The molecule has 31 heavy (non-hydrogen) atoms. The fourth-order valence-electron chi connectivity index (χ4n) is 3.15. The first kappa shape index (κ1) is 20.7. The minimum Gasteiger partial charge on any atom is -0.466 e. The van der Waals surface area contributed by atoms with Crippen LogP contribution in [0.1, 0.15) is 0 Å². The summed E-state index contributed by atoms with van der Waals surface area (Å²) in [6, 6.07) is 10.2. The molecule has 0 radical (unpaired) electrons. The predicted molar refractivity (Wildman–Crippen MR) is 110 cm³/mol. The lowest BCUT2D eigenvalue weighted by Gasteiger charge is -2.31. The zero-order valence-corrected chi connectivity index (χ0v) is 17.3. The summed E-state index contributed by atoms with van der Waals surface area (Å²) < 4.78 is 26.3. The van der Waals surface area contributed by atoms with E-state index < -0.39 is 11.9 Å². The monoisotopic (exact) mass is 444 g/mol. The van der Waals surface area contributed by atoms with Gasteiger partial charge in [-0.05, 0) is 30.3 Å². The van der Waals surface area contributed by atoms with E-state index in [-0.39, 0.29) is 29.6 Å². The predicted octanol–water partition coefficient (Wildman–Crippen LogP) is 3.67. The molecular weight excluding hydrogens is 428 g/mol. The third-order valence-corrected chi connectivity index (χ3v) is 4.90. The normalized spacial score (nSPS) is 14.0. The van der Waals surface area contributed by atoms with E-state index in [2.05, 4.69) is 4.98 Å². The Bertz CT molecular complexity index is 1190. The number of halogens is 1. The van der Waals surface area contributed by atoms with Crippen molar-refractivity contribution in [3.05, 3.63) is 59.1 Å². The molecular formula is C21H17ClN2O7. The number of ether oxygens (including phenoxy) is 4. The van der Waals surface area contributed by atoms with Crippen LogP contribution >= 0.6 is 11.6 Å². The van der Waals surface area contributed by atoms with Crippen molar-refractivity contribution in [1.29, 1.82) is 0 Å². The van der Waals surface area contributed by atoms with Crippen LogP contribution in [0.4, 0.5) is 5.69 Å². The van der Waals surface area contributed by atoms with E-state index in [1.54, 1.807) is 36.4 Å². The molecule has 10 heteroatoms. The van der Waals surface area contributed by atoms with Crippen LogP contribution in [0.5, 0.6) is 11.5 Å². The SMILES string of the molecule is COC(=O)C1=C(C(=O)OC)N(c2ccc(Oc3cccc4ocnc34)c(Cl)c2)COC1. The molecule has 2 aromatic carbocycles. The van der Waals surface area contributed by atoms with Crippen molar-refractivity contribution in [3.8, 4) is 11.5 Å². The highest BCUT2D eigenvalue weighted by atomic mass is 35.5. The van der Waals surface area contributed by atoms with Crippen molar-refractivity contribution in [2.24, 2.45) is 0 Å². The van der Waals surface area contributed by atoms with Gasteiger partial charge in [-0.25, -0.2) is 14.6 Å². The van der Waals surface area contributed by atoms with E-state index in [1.165, 1.54) is 25.5 Å². The number of carbonyl (C=O) groups excluding carboxylic acids is 2. The molecule has 0 N–H and O–H groups in total. The highest BCUT2D eigenvalue weighted by Crippen LogP contribution is 2.37. The summed E-state index contributed by atoms with van der Waals surface area (Å²) in [4.78, 5) is 30.2. The first-order chi connectivity index (χ1) is 15.0. The van der Waals surface area contributed by atoms with E-state index in [9.17, 15) is 9.59 Å². The highest BCUT2D eigenvalue weighted by molar-refractivity contribution is 6.32. The summed E-state index contributed by atoms with van der Waals surface area (Å²) in [5.41, 5.74) is 1.72. The molecule has 0 aliphatic carbocycles. The summed E-state index contributed by atoms with van der Waals surface area (Å²) in [7, 11) is 2.45. The number of carbonyl (C=O) groups is 2. The smallest absolute Gasteiger partial charge is 0.355 e. The van der Waals surface area contributed by atoms with Crippen LogP contribution < -0.4 is 9.64 Å². The van der Waals surface area contributed by atoms with Crippen LogP contribution in [0.15, 0.2) is 58.5 Å². The van der Waals surface area contributed by atoms with Gasteiger partial charge in [0.2, 0.25) is 0 Å². The number of rotatable bonds is 5. The minimum absolute atomic E-state index is 0.0136. The molecule has 0 saturated carbocycles. The molecule has 0 saturated heterocycles. The average molecular weight is 445 g/mol. The van der Waals surface area contributed by atoms with Crippen LogP contribution in [0, 0.1) is 0 Å². The maximum absolute atomic E-state index is 12.4. The first-order valence-electron chi connectivity index (χ1n) is 9.08. The van der Waals surface area contributed by atoms with Crippen molar-refractivity contribution < 1.29 is 33.0 Å². The number of aromatic nitrogens is 1. The Kier molecular flexibility index (Phi) is 5.79. The Morgan fingerprint density at radius 1 is 1.10 bits per heavy atom. The Labute approximate surface area is 181 Å². The number of anilines is 1. The molecule has 0 fully saturated rings. The van der Waals surface area contributed by atoms with Gasteiger partial charge in [-0.2, -0.15) is 0 Å². The quantitative estimate of drug-likeness (QED) is 0.545. The second kappa shape index (κ2) is 8.66. The topological polar surface area (TPSA) is 100 Å². The molecule has 0 unspecified atom stereocenters. The Hall–Kier alpha value is -3.56. The van der Waals surface area contributed by atoms with Crippen molar-refractivity contribution in [2.75, 3.05) is 32.5 Å². The third kappa shape index (κ3) is 3.92. The number of hydrogen-bond acceptors (Lipinski definition) is 9. The van der Waals surface area contributed by atoms with Crippen LogP contribution in [0.3, 0.4) is 0 Å². The third-order valence-electron chi connectivity index (χ3n) is 4.60. The van der Waals surface area contributed by atoms with E-state index in [1.807, 2.05) is 0 Å². The van der Waals surface area contributed by atoms with Crippen molar-refractivity contribution in [2.45, 2.75) is 0 Å². The van der Waals surface area contributed by atoms with Crippen LogP contribution in [0.2, 0.25) is 5.02 Å². The molecule has 2 heterocycles. The number of benzene rings is 2. The van der Waals surface area contributed by atoms with Crippen molar-refractivity contribution in [1.82, 2.24) is 4.98 Å². The fourth-order valence-corrected chi connectivity index (χ4v) is 3.36. The van der Waals surface area contributed by atoms with Gasteiger partial charge in [0, 0.05) is 5.69 Å². The van der Waals surface area contributed by atoms with E-state index >= 15 is 0 Å². The van der Waals surface area contributed by atoms with Crippen LogP contribution in [-0.2, 0) is 23.8 Å². The molecule has 9 nitrogen and oxygen atoms in total. The zero-order chi connectivity index (χ0) is 22.0. The zero-order valence-electron chi connectivity index (χ0n) is 16.6. The van der Waals surface area contributed by atoms with E-state index in [0.29, 0.717) is 28.3 Å². The molecule has 0 spiro atoms. The summed E-state index contributed by atoms with van der Waals surface area (Å²) in [5.74, 6) is -0.532. The number of hydrogen-bond donors (Lipinski definition) is 0. The van der Waals surface area contributed by atoms with Crippen molar-refractivity contribution >= 4 is 40.3 Å².